The molecule has 152 valence electrons. The van der Waals surface area contributed by atoms with Crippen molar-refractivity contribution in [1.29, 1.82) is 0 Å². The molecule has 0 unspecified atom stereocenters. The van der Waals surface area contributed by atoms with Crippen LogP contribution in [0.2, 0.25) is 0 Å². The highest BCUT2D eigenvalue weighted by molar-refractivity contribution is 7.91. The Bertz CT molecular complexity index is 942. The van der Waals surface area contributed by atoms with Gasteiger partial charge in [-0.25, -0.2) is 13.2 Å². The average molecular weight is 407 g/mol. The van der Waals surface area contributed by atoms with Gasteiger partial charge in [0, 0.05) is 6.54 Å². The van der Waals surface area contributed by atoms with Gasteiger partial charge in [0.05, 0.1) is 17.0 Å². The number of para-hydroxylation sites is 1. The molecule has 0 saturated carbocycles. The molecule has 0 bridgehead atoms. The van der Waals surface area contributed by atoms with Gasteiger partial charge in [-0.15, -0.1) is 0 Å². The van der Waals surface area contributed by atoms with Crippen LogP contribution in [0.1, 0.15) is 42.6 Å². The maximum absolute atomic E-state index is 12.8. The minimum Gasteiger partial charge on any atom is -0.454 e. The molecule has 0 aliphatic heterocycles. The minimum atomic E-state index is -3.69. The van der Waals surface area contributed by atoms with Crippen LogP contribution in [0.25, 0.3) is 0 Å². The zero-order chi connectivity index (χ0) is 20.7. The van der Waals surface area contributed by atoms with Gasteiger partial charge in [-0.3, -0.25) is 0 Å². The van der Waals surface area contributed by atoms with Crippen LogP contribution < -0.4 is 16.0 Å². The molecule has 2 rings (SSSR count). The molecule has 2 aromatic carbocycles. The number of hydrogen-bond acceptors (Lipinski definition) is 7. The first-order valence-corrected chi connectivity index (χ1v) is 10.8. The number of ether oxygens (including phenoxy) is 1. The summed E-state index contributed by atoms with van der Waals surface area (Å²) in [5, 5.41) is 3.17. The molecule has 7 nitrogen and oxygen atoms in total. The van der Waals surface area contributed by atoms with Crippen molar-refractivity contribution < 1.29 is 22.8 Å². The predicted octanol–water partition coefficient (Wildman–Crippen LogP) is 3.82. The fourth-order valence-corrected chi connectivity index (χ4v) is 3.64. The van der Waals surface area contributed by atoms with E-state index in [0.29, 0.717) is 18.0 Å². The van der Waals surface area contributed by atoms with Crippen molar-refractivity contribution in [3.05, 3.63) is 47.5 Å². The van der Waals surface area contributed by atoms with Crippen LogP contribution in [0.4, 0.5) is 5.69 Å². The maximum atomic E-state index is 12.8. The first-order chi connectivity index (χ1) is 13.3. The van der Waals surface area contributed by atoms with Gasteiger partial charge < -0.3 is 14.9 Å². The summed E-state index contributed by atoms with van der Waals surface area (Å²) in [4.78, 5) is 16.2. The van der Waals surface area contributed by atoms with Gasteiger partial charge in [0.15, 0.2) is 15.6 Å². The Kier molecular flexibility index (Phi) is 7.42. The molecule has 2 aromatic rings. The molecule has 28 heavy (non-hydrogen) atoms. The largest absolute Gasteiger partial charge is 0.454 e. The van der Waals surface area contributed by atoms with Gasteiger partial charge in [-0.1, -0.05) is 38.5 Å². The van der Waals surface area contributed by atoms with Crippen LogP contribution in [0, 0.1) is 6.92 Å². The Morgan fingerprint density at radius 3 is 2.50 bits per heavy atom. The molecular weight excluding hydrogens is 380 g/mol. The number of unbranched alkanes of at least 4 members (excludes halogenated alkanes) is 1. The Balaban J connectivity index is 2.68. The topological polar surface area (TPSA) is 108 Å². The number of hydrogen-bond donors (Lipinski definition) is 2. The number of carbonyl (C=O) groups is 1. The SMILES string of the molecule is CCCCNc1cc(C(=O)ON)cc(S(=O)(=O)CC)c1Oc1ccccc1C. The van der Waals surface area contributed by atoms with Crippen molar-refractivity contribution in [1.82, 2.24) is 0 Å². The zero-order valence-electron chi connectivity index (χ0n) is 16.3. The van der Waals surface area contributed by atoms with Crippen LogP contribution in [0.15, 0.2) is 41.3 Å². The second-order valence-corrected chi connectivity index (χ2v) is 8.55. The lowest BCUT2D eigenvalue weighted by molar-refractivity contribution is 0.0503. The van der Waals surface area contributed by atoms with Gasteiger partial charge in [0.1, 0.15) is 10.6 Å². The van der Waals surface area contributed by atoms with Crippen molar-refractivity contribution in [2.45, 2.75) is 38.5 Å². The van der Waals surface area contributed by atoms with E-state index < -0.39 is 15.8 Å². The summed E-state index contributed by atoms with van der Waals surface area (Å²) in [7, 11) is -3.69. The summed E-state index contributed by atoms with van der Waals surface area (Å²) in [6, 6.07) is 10.0. The first-order valence-electron chi connectivity index (χ1n) is 9.13. The summed E-state index contributed by atoms with van der Waals surface area (Å²) in [6.45, 7) is 6.04. The fraction of sp³-hybridized carbons (Fsp3) is 0.350. The molecule has 8 heteroatoms. The molecule has 0 aliphatic carbocycles. The summed E-state index contributed by atoms with van der Waals surface area (Å²) in [6.07, 6.45) is 1.82. The van der Waals surface area contributed by atoms with Gasteiger partial charge in [-0.2, -0.15) is 5.90 Å². The number of benzene rings is 2. The van der Waals surface area contributed by atoms with E-state index in [-0.39, 0.29) is 22.0 Å². The third-order valence-electron chi connectivity index (χ3n) is 4.26. The van der Waals surface area contributed by atoms with E-state index in [2.05, 4.69) is 10.2 Å². The molecule has 0 amide bonds. The van der Waals surface area contributed by atoms with Crippen molar-refractivity contribution in [2.75, 3.05) is 17.6 Å². The van der Waals surface area contributed by atoms with E-state index in [1.54, 1.807) is 12.1 Å². The van der Waals surface area contributed by atoms with Crippen LogP contribution in [-0.4, -0.2) is 26.7 Å². The van der Waals surface area contributed by atoms with Gasteiger partial charge in [0.2, 0.25) is 0 Å². The summed E-state index contributed by atoms with van der Waals surface area (Å²) >= 11 is 0. The quantitative estimate of drug-likeness (QED) is 0.481. The minimum absolute atomic E-state index is 0.0330. The lowest BCUT2D eigenvalue weighted by Crippen LogP contribution is -2.15. The van der Waals surface area contributed by atoms with E-state index in [1.807, 2.05) is 26.0 Å². The van der Waals surface area contributed by atoms with Crippen LogP contribution >= 0.6 is 0 Å². The predicted molar refractivity (Wildman–Crippen MR) is 108 cm³/mol. The van der Waals surface area contributed by atoms with Crippen molar-refractivity contribution in [2.24, 2.45) is 5.90 Å². The summed E-state index contributed by atoms with van der Waals surface area (Å²) in [5.74, 6) is 4.71. The molecule has 0 fully saturated rings. The summed E-state index contributed by atoms with van der Waals surface area (Å²) in [5.41, 5.74) is 1.28. The highest BCUT2D eigenvalue weighted by atomic mass is 32.2. The van der Waals surface area contributed by atoms with Crippen molar-refractivity contribution in [3.63, 3.8) is 0 Å². The molecule has 0 aliphatic rings. The molecule has 0 spiro atoms. The Morgan fingerprint density at radius 1 is 1.18 bits per heavy atom. The number of rotatable bonds is 9. The molecular formula is C20H26N2O5S. The highest BCUT2D eigenvalue weighted by Crippen LogP contribution is 2.39. The zero-order valence-corrected chi connectivity index (χ0v) is 17.1. The maximum Gasteiger partial charge on any atom is 0.356 e. The first kappa shape index (κ1) is 21.7. The lowest BCUT2D eigenvalue weighted by Gasteiger charge is -2.19. The van der Waals surface area contributed by atoms with Crippen LogP contribution in [0.5, 0.6) is 11.5 Å². The van der Waals surface area contributed by atoms with E-state index in [0.717, 1.165) is 18.4 Å². The van der Waals surface area contributed by atoms with Gasteiger partial charge >= 0.3 is 5.97 Å². The van der Waals surface area contributed by atoms with Gasteiger partial charge in [0.25, 0.3) is 0 Å². The van der Waals surface area contributed by atoms with Crippen molar-refractivity contribution in [3.8, 4) is 11.5 Å². The number of sulfone groups is 1. The van der Waals surface area contributed by atoms with E-state index in [4.69, 9.17) is 10.6 Å². The Morgan fingerprint density at radius 2 is 1.89 bits per heavy atom. The third-order valence-corrected chi connectivity index (χ3v) is 6.00. The van der Waals surface area contributed by atoms with E-state index in [9.17, 15) is 13.2 Å². The van der Waals surface area contributed by atoms with Gasteiger partial charge in [-0.05, 0) is 37.1 Å². The molecule has 0 aromatic heterocycles. The van der Waals surface area contributed by atoms with Crippen molar-refractivity contribution >= 4 is 21.5 Å². The second-order valence-electron chi connectivity index (χ2n) is 6.31. The van der Waals surface area contributed by atoms with E-state index in [1.165, 1.54) is 19.1 Å². The molecule has 3 N–H and O–H groups in total. The Hall–Kier alpha value is -2.58. The normalized spacial score (nSPS) is 11.1. The number of nitrogens with one attached hydrogen (secondary N) is 1. The average Bonchev–Trinajstić information content (AvgIpc) is 2.69. The Labute approximate surface area is 165 Å². The third kappa shape index (κ3) is 5.02. The molecule has 0 atom stereocenters. The van der Waals surface area contributed by atoms with Crippen LogP contribution in [-0.2, 0) is 14.7 Å². The molecule has 0 heterocycles. The smallest absolute Gasteiger partial charge is 0.356 e. The second kappa shape index (κ2) is 9.57. The molecule has 0 radical (unpaired) electrons. The number of carbonyl (C=O) groups excluding carboxylic acids is 1. The van der Waals surface area contributed by atoms with Crippen LogP contribution in [0.3, 0.4) is 0 Å². The highest BCUT2D eigenvalue weighted by Gasteiger charge is 2.25. The number of nitrogens with two attached hydrogens (primary N) is 1. The lowest BCUT2D eigenvalue weighted by atomic mass is 10.1. The summed E-state index contributed by atoms with van der Waals surface area (Å²) < 4.78 is 31.5. The molecule has 0 saturated heterocycles. The van der Waals surface area contributed by atoms with E-state index >= 15 is 0 Å². The monoisotopic (exact) mass is 406 g/mol. The standard InChI is InChI=1S/C20H26N2O5S/c1-4-6-11-22-16-12-15(20(23)27-21)13-18(28(24,25)5-2)19(16)26-17-10-8-7-9-14(17)3/h7-10,12-13,22H,4-6,11,21H2,1-3H3. The number of aryl methyl sites for hydroxylation is 1. The number of anilines is 1. The fourth-order valence-electron chi connectivity index (χ4n) is 2.59.